The van der Waals surface area contributed by atoms with Crippen LogP contribution in [0.3, 0.4) is 0 Å². The van der Waals surface area contributed by atoms with Crippen molar-refractivity contribution in [3.05, 3.63) is 54.2 Å². The number of nitrogens with zero attached hydrogens (tertiary/aromatic N) is 2. The highest BCUT2D eigenvalue weighted by molar-refractivity contribution is 5.94. The van der Waals surface area contributed by atoms with Crippen molar-refractivity contribution in [2.75, 3.05) is 0 Å². The van der Waals surface area contributed by atoms with E-state index in [9.17, 15) is 4.79 Å². The lowest BCUT2D eigenvalue weighted by atomic mass is 10.1. The molecular formula is C17H17N3O3. The number of H-pyrrole nitrogens is 1. The van der Waals surface area contributed by atoms with Crippen LogP contribution in [-0.2, 0) is 6.42 Å². The molecule has 1 aromatic carbocycles. The maximum atomic E-state index is 12.4. The summed E-state index contributed by atoms with van der Waals surface area (Å²) in [6.45, 7) is 2.09. The molecule has 2 heterocycles. The van der Waals surface area contributed by atoms with Gasteiger partial charge in [0.05, 0.1) is 0 Å². The fraction of sp³-hybridized carbons (Fsp3) is 0.235. The highest BCUT2D eigenvalue weighted by Crippen LogP contribution is 2.26. The first kappa shape index (κ1) is 15.0. The molecule has 0 spiro atoms. The molecule has 0 saturated carbocycles. The van der Waals surface area contributed by atoms with Crippen LogP contribution in [-0.4, -0.2) is 21.2 Å². The number of aromatic nitrogens is 3. The number of unbranched alkanes of at least 4 members (excludes halogenated alkanes) is 1. The largest absolute Gasteiger partial charge is 0.440 e. The highest BCUT2D eigenvalue weighted by atomic mass is 16.5. The third kappa shape index (κ3) is 3.48. The summed E-state index contributed by atoms with van der Waals surface area (Å²) in [4.78, 5) is 16.7. The van der Waals surface area contributed by atoms with Gasteiger partial charge in [0.1, 0.15) is 0 Å². The molecule has 0 aliphatic rings. The van der Waals surface area contributed by atoms with E-state index >= 15 is 0 Å². The fourth-order valence-corrected chi connectivity index (χ4v) is 2.17. The molecular weight excluding hydrogens is 294 g/mol. The first-order valence-corrected chi connectivity index (χ1v) is 7.55. The van der Waals surface area contributed by atoms with Crippen molar-refractivity contribution >= 4 is 5.97 Å². The second-order valence-electron chi connectivity index (χ2n) is 5.06. The van der Waals surface area contributed by atoms with E-state index in [4.69, 9.17) is 9.15 Å². The number of aryl methyl sites for hydroxylation is 1. The summed E-state index contributed by atoms with van der Waals surface area (Å²) >= 11 is 0. The average Bonchev–Trinajstić information content (AvgIpc) is 3.23. The zero-order valence-electron chi connectivity index (χ0n) is 12.8. The van der Waals surface area contributed by atoms with E-state index in [1.807, 2.05) is 30.3 Å². The number of oxazole rings is 1. The molecule has 23 heavy (non-hydrogen) atoms. The molecule has 0 atom stereocenters. The topological polar surface area (TPSA) is 81.0 Å². The number of hydrogen-bond donors (Lipinski definition) is 1. The smallest absolute Gasteiger partial charge is 0.367 e. The van der Waals surface area contributed by atoms with Crippen LogP contribution < -0.4 is 4.74 Å². The number of esters is 1. The van der Waals surface area contributed by atoms with Crippen LogP contribution in [0.1, 0.15) is 36.1 Å². The molecule has 0 fully saturated rings. The van der Waals surface area contributed by atoms with Crippen LogP contribution in [0.2, 0.25) is 0 Å². The third-order valence-corrected chi connectivity index (χ3v) is 3.32. The molecule has 1 N–H and O–H groups in total. The molecule has 0 radical (unpaired) electrons. The van der Waals surface area contributed by atoms with Gasteiger partial charge in [0.25, 0.3) is 0 Å². The molecule has 0 unspecified atom stereocenters. The predicted molar refractivity (Wildman–Crippen MR) is 84.1 cm³/mol. The minimum atomic E-state index is -0.581. The summed E-state index contributed by atoms with van der Waals surface area (Å²) in [5.41, 5.74) is 0.960. The Balaban J connectivity index is 1.93. The minimum absolute atomic E-state index is 0.172. The van der Waals surface area contributed by atoms with Crippen molar-refractivity contribution in [2.45, 2.75) is 26.2 Å². The third-order valence-electron chi connectivity index (χ3n) is 3.32. The van der Waals surface area contributed by atoms with E-state index in [0.717, 1.165) is 18.4 Å². The molecule has 0 saturated heterocycles. The van der Waals surface area contributed by atoms with E-state index in [2.05, 4.69) is 22.1 Å². The number of benzene rings is 1. The van der Waals surface area contributed by atoms with Crippen molar-refractivity contribution in [3.63, 3.8) is 0 Å². The normalized spacial score (nSPS) is 10.7. The highest BCUT2D eigenvalue weighted by Gasteiger charge is 2.23. The summed E-state index contributed by atoms with van der Waals surface area (Å²) in [7, 11) is 0. The molecule has 0 aliphatic carbocycles. The standard InChI is InChI=1S/C17H17N3O3/c1-2-3-9-13-19-15(17(21)23-14-10-11-18-20-14)16(22-13)12-7-5-4-6-8-12/h4-8,10-11H,2-3,9H2,1H3,(H,18,20). The Labute approximate surface area is 133 Å². The van der Waals surface area contributed by atoms with Gasteiger partial charge in [-0.2, -0.15) is 0 Å². The molecule has 0 bridgehead atoms. The van der Waals surface area contributed by atoms with Crippen LogP contribution in [0.15, 0.2) is 47.0 Å². The summed E-state index contributed by atoms with van der Waals surface area (Å²) in [5, 5.41) is 6.41. The zero-order valence-corrected chi connectivity index (χ0v) is 12.8. The van der Waals surface area contributed by atoms with Crippen molar-refractivity contribution in [1.82, 2.24) is 15.2 Å². The maximum absolute atomic E-state index is 12.4. The van der Waals surface area contributed by atoms with Gasteiger partial charge in [-0.1, -0.05) is 43.7 Å². The first-order chi connectivity index (χ1) is 11.3. The number of rotatable bonds is 6. The number of carbonyl (C=O) groups excluding carboxylic acids is 1. The molecule has 0 amide bonds. The van der Waals surface area contributed by atoms with E-state index in [1.54, 1.807) is 12.3 Å². The van der Waals surface area contributed by atoms with E-state index in [-0.39, 0.29) is 11.6 Å². The van der Waals surface area contributed by atoms with Gasteiger partial charge in [-0.25, -0.2) is 9.78 Å². The lowest BCUT2D eigenvalue weighted by molar-refractivity contribution is 0.0722. The van der Waals surface area contributed by atoms with Crippen LogP contribution in [0, 0.1) is 0 Å². The van der Waals surface area contributed by atoms with Crippen molar-refractivity contribution < 1.29 is 13.9 Å². The van der Waals surface area contributed by atoms with E-state index in [0.29, 0.717) is 18.1 Å². The van der Waals surface area contributed by atoms with Gasteiger partial charge >= 0.3 is 5.97 Å². The van der Waals surface area contributed by atoms with Gasteiger partial charge < -0.3 is 9.15 Å². The van der Waals surface area contributed by atoms with Gasteiger partial charge in [-0.15, -0.1) is 5.10 Å². The predicted octanol–water partition coefficient (Wildman–Crippen LogP) is 3.63. The summed E-state index contributed by atoms with van der Waals surface area (Å²) < 4.78 is 11.0. The van der Waals surface area contributed by atoms with Gasteiger partial charge in [0.15, 0.2) is 17.3 Å². The quantitative estimate of drug-likeness (QED) is 0.703. The molecule has 3 rings (SSSR count). The Morgan fingerprint density at radius 2 is 2.09 bits per heavy atom. The monoisotopic (exact) mass is 311 g/mol. The Bertz CT molecular complexity index is 764. The molecule has 2 aromatic heterocycles. The second-order valence-corrected chi connectivity index (χ2v) is 5.06. The number of nitrogens with one attached hydrogen (secondary N) is 1. The van der Waals surface area contributed by atoms with Gasteiger partial charge in [-0.05, 0) is 6.42 Å². The number of ether oxygens (including phenoxy) is 1. The lowest BCUT2D eigenvalue weighted by Crippen LogP contribution is -2.10. The van der Waals surface area contributed by atoms with Crippen LogP contribution in [0.25, 0.3) is 11.3 Å². The lowest BCUT2D eigenvalue weighted by Gasteiger charge is -2.00. The van der Waals surface area contributed by atoms with Crippen LogP contribution in [0.4, 0.5) is 0 Å². The Kier molecular flexibility index (Phi) is 4.52. The van der Waals surface area contributed by atoms with Gasteiger partial charge in [0.2, 0.25) is 5.88 Å². The molecule has 6 heteroatoms. The Morgan fingerprint density at radius 1 is 1.26 bits per heavy atom. The van der Waals surface area contributed by atoms with Crippen LogP contribution >= 0.6 is 0 Å². The van der Waals surface area contributed by atoms with Crippen molar-refractivity contribution in [1.29, 1.82) is 0 Å². The summed E-state index contributed by atoms with van der Waals surface area (Å²) in [5.74, 6) is 0.589. The number of hydrogen-bond acceptors (Lipinski definition) is 5. The number of carbonyl (C=O) groups is 1. The zero-order chi connectivity index (χ0) is 16.1. The van der Waals surface area contributed by atoms with Crippen molar-refractivity contribution in [3.8, 4) is 17.2 Å². The molecule has 0 aliphatic heterocycles. The van der Waals surface area contributed by atoms with Crippen molar-refractivity contribution in [2.24, 2.45) is 0 Å². The number of aromatic amines is 1. The molecule has 3 aromatic rings. The van der Waals surface area contributed by atoms with Gasteiger partial charge in [-0.3, -0.25) is 5.10 Å². The van der Waals surface area contributed by atoms with Gasteiger partial charge in [0, 0.05) is 24.2 Å². The van der Waals surface area contributed by atoms with Crippen LogP contribution in [0.5, 0.6) is 5.88 Å². The minimum Gasteiger partial charge on any atom is -0.440 e. The summed E-state index contributed by atoms with van der Waals surface area (Å²) in [6, 6.07) is 11.0. The SMILES string of the molecule is CCCCc1nc(C(=O)Oc2cc[nH]n2)c(-c2ccccc2)o1. The van der Waals surface area contributed by atoms with E-state index < -0.39 is 5.97 Å². The summed E-state index contributed by atoms with van der Waals surface area (Å²) in [6.07, 6.45) is 4.24. The maximum Gasteiger partial charge on any atom is 0.367 e. The first-order valence-electron chi connectivity index (χ1n) is 7.55. The second kappa shape index (κ2) is 6.91. The molecule has 118 valence electrons. The fourth-order valence-electron chi connectivity index (χ4n) is 2.17. The van der Waals surface area contributed by atoms with E-state index in [1.165, 1.54) is 0 Å². The molecule has 6 nitrogen and oxygen atoms in total. The Morgan fingerprint density at radius 3 is 2.78 bits per heavy atom. The average molecular weight is 311 g/mol. The Hall–Kier alpha value is -2.89.